The minimum absolute atomic E-state index is 0.00698. The second-order valence-corrected chi connectivity index (χ2v) is 26.2. The average Bonchev–Trinajstić information content (AvgIpc) is 3.85. The van der Waals surface area contributed by atoms with E-state index in [0.29, 0.717) is 57.6 Å². The van der Waals surface area contributed by atoms with Gasteiger partial charge < -0.3 is 53.1 Å². The molecule has 1 spiro atoms. The number of ketones is 1. The van der Waals surface area contributed by atoms with E-state index in [-0.39, 0.29) is 109 Å². The second-order valence-electron chi connectivity index (χ2n) is 20.6. The van der Waals surface area contributed by atoms with Gasteiger partial charge in [0.2, 0.25) is 0 Å². The lowest BCUT2D eigenvalue weighted by molar-refractivity contribution is -0.292. The maximum Gasteiger partial charge on any atom is 0.172 e. The van der Waals surface area contributed by atoms with Crippen LogP contribution in [0.2, 0.25) is 25.7 Å². The average molecular weight is 830 g/mol. The lowest BCUT2D eigenvalue weighted by Crippen LogP contribution is -2.61. The first-order valence-corrected chi connectivity index (χ1v) is 26.5. The zero-order valence-corrected chi connectivity index (χ0v) is 36.7. The molecule has 4 unspecified atom stereocenters. The third-order valence-corrected chi connectivity index (χ3v) is 16.9. The molecule has 12 nitrogen and oxygen atoms in total. The molecule has 10 rings (SSSR count). The second kappa shape index (κ2) is 16.9. The van der Waals surface area contributed by atoms with Crippen LogP contribution in [0.25, 0.3) is 0 Å². The van der Waals surface area contributed by atoms with Crippen LogP contribution in [0.15, 0.2) is 24.3 Å². The highest BCUT2D eigenvalue weighted by molar-refractivity contribution is 6.76. The van der Waals surface area contributed by atoms with Crippen molar-refractivity contribution in [2.45, 2.75) is 220 Å². The van der Waals surface area contributed by atoms with Crippen molar-refractivity contribution >= 4 is 13.9 Å². The van der Waals surface area contributed by atoms with E-state index in [9.17, 15) is 4.79 Å². The molecule has 0 aromatic rings. The summed E-state index contributed by atoms with van der Waals surface area (Å²) in [6.45, 7) is 19.4. The third-order valence-electron chi connectivity index (χ3n) is 15.2. The van der Waals surface area contributed by atoms with Crippen molar-refractivity contribution in [2.75, 3.05) is 20.3 Å². The molecular weight excluding hydrogens is 759 g/mol. The van der Waals surface area contributed by atoms with Crippen LogP contribution < -0.4 is 5.73 Å². The number of Topliss-reactive ketones (excluding diaryl/α,β-unsaturated/α-hetero) is 1. The first kappa shape index (κ1) is 42.2. The van der Waals surface area contributed by atoms with Gasteiger partial charge in [-0.05, 0) is 68.1 Å². The molecule has 10 fully saturated rings. The number of carbonyl (C=O) groups is 1. The van der Waals surface area contributed by atoms with Gasteiger partial charge in [0.1, 0.15) is 36.3 Å². The molecule has 326 valence electrons. The zero-order chi connectivity index (χ0) is 40.5. The highest BCUT2D eigenvalue weighted by atomic mass is 28.3. The molecular formula is C45H71NO11Si. The van der Waals surface area contributed by atoms with Gasteiger partial charge in [-0.2, -0.15) is 0 Å². The first-order chi connectivity index (χ1) is 27.8. The Morgan fingerprint density at radius 2 is 1.53 bits per heavy atom. The summed E-state index contributed by atoms with van der Waals surface area (Å²) < 4.78 is 67.3. The van der Waals surface area contributed by atoms with Gasteiger partial charge in [0.25, 0.3) is 0 Å². The quantitative estimate of drug-likeness (QED) is 0.234. The molecule has 10 saturated heterocycles. The van der Waals surface area contributed by atoms with Crippen LogP contribution in [0.1, 0.15) is 90.4 Å². The summed E-state index contributed by atoms with van der Waals surface area (Å²) in [5, 5.41) is 0. The molecule has 19 atom stereocenters. The Kier molecular flexibility index (Phi) is 12.3. The van der Waals surface area contributed by atoms with E-state index in [1.54, 1.807) is 7.11 Å². The van der Waals surface area contributed by atoms with Gasteiger partial charge in [-0.3, -0.25) is 4.79 Å². The van der Waals surface area contributed by atoms with Gasteiger partial charge in [-0.25, -0.2) is 0 Å². The highest BCUT2D eigenvalue weighted by Gasteiger charge is 2.68. The summed E-state index contributed by atoms with van der Waals surface area (Å²) in [6.07, 6.45) is 6.31. The molecule has 13 heteroatoms. The summed E-state index contributed by atoms with van der Waals surface area (Å²) in [7, 11) is 0.461. The van der Waals surface area contributed by atoms with E-state index in [0.717, 1.165) is 62.1 Å². The first-order valence-electron chi connectivity index (χ1n) is 22.8. The standard InChI is InChI=1S/C45H71NO11Si/c1-24-16-28-8-10-33-25(2)17-30(50-33)12-13-45-22-38-41(56-45)42-43(55-38)44(57-45)40-34(54-42)11-9-29(52-40)18-27(47)19-32-36(21-35(51-28)26(24)3)53-37(39(32)48-4)20-31(23-46)49-14-15-58(5,6)7/h24,28-44H,2-3,8-23,46H2,1,4-7H3/t24-,28+,29-,30+,31+,32+,33?,34+,35-,36+,37-,38-,39-,40+,41?,42+,43?,44+,45?/m1/s1. The molecule has 0 saturated carbocycles. The number of hydrogen-bond donors (Lipinski definition) is 1. The predicted molar refractivity (Wildman–Crippen MR) is 218 cm³/mol. The van der Waals surface area contributed by atoms with Crippen molar-refractivity contribution in [3.63, 3.8) is 0 Å². The molecule has 0 amide bonds. The number of fused-ring (bicyclic) bond motifs is 6. The molecule has 0 aromatic heterocycles. The van der Waals surface area contributed by atoms with E-state index in [4.69, 9.17) is 53.1 Å². The largest absolute Gasteiger partial charge is 0.378 e. The summed E-state index contributed by atoms with van der Waals surface area (Å²) in [6, 6.07) is 1.07. The summed E-state index contributed by atoms with van der Waals surface area (Å²) in [5.74, 6) is -0.503. The molecule has 10 aliphatic rings. The molecule has 58 heavy (non-hydrogen) atoms. The topological polar surface area (TPSA) is 135 Å². The van der Waals surface area contributed by atoms with Gasteiger partial charge in [0, 0.05) is 72.8 Å². The van der Waals surface area contributed by atoms with E-state index < -0.39 is 13.9 Å². The summed E-state index contributed by atoms with van der Waals surface area (Å²) >= 11 is 0. The van der Waals surface area contributed by atoms with Crippen LogP contribution in [-0.2, 0) is 52.2 Å². The van der Waals surface area contributed by atoms with Crippen molar-refractivity contribution in [3.8, 4) is 0 Å². The van der Waals surface area contributed by atoms with Crippen LogP contribution in [0, 0.1) is 11.8 Å². The molecule has 10 aliphatic heterocycles. The minimum atomic E-state index is -1.28. The molecule has 10 heterocycles. The maximum absolute atomic E-state index is 14.3. The fourth-order valence-electron chi connectivity index (χ4n) is 11.9. The fraction of sp³-hybridized carbons (Fsp3) is 0.889. The molecule has 12 bridgehead atoms. The van der Waals surface area contributed by atoms with Gasteiger partial charge in [-0.15, -0.1) is 0 Å². The van der Waals surface area contributed by atoms with Gasteiger partial charge in [-0.1, -0.05) is 39.7 Å². The molecule has 0 aliphatic carbocycles. The smallest absolute Gasteiger partial charge is 0.172 e. The molecule has 0 aromatic carbocycles. The Bertz CT molecular complexity index is 1520. The Balaban J connectivity index is 0.970. The van der Waals surface area contributed by atoms with E-state index in [1.807, 2.05) is 0 Å². The van der Waals surface area contributed by atoms with Crippen LogP contribution in [0.3, 0.4) is 0 Å². The number of carbonyl (C=O) groups excluding carboxylic acids is 1. The Morgan fingerprint density at radius 3 is 2.33 bits per heavy atom. The van der Waals surface area contributed by atoms with Crippen molar-refractivity contribution < 1.29 is 52.2 Å². The number of nitrogens with two attached hydrogens (primary N) is 1. The van der Waals surface area contributed by atoms with Crippen LogP contribution in [0.4, 0.5) is 0 Å². The lowest BCUT2D eigenvalue weighted by atomic mass is 9.81. The van der Waals surface area contributed by atoms with Gasteiger partial charge in [0.15, 0.2) is 5.79 Å². The fourth-order valence-corrected chi connectivity index (χ4v) is 12.7. The SMILES string of the molecule is C=C1C[C@@H]2CCC34C[C@H]5OC6[C@@H](O[C@H]7CC[C@H](CC(=O)C[C@@H]8[C@@H](OC)[C@@H](C[C@@H](CN)OCC[Si](C)(C)C)O[C@H]8C[C@H]8O[C@@H](CCC1O2)C[C@@H](C)C8=C)O[C@@H]7[C@@H]6O3)C5O4. The monoisotopic (exact) mass is 829 g/mol. The highest BCUT2D eigenvalue weighted by Crippen LogP contribution is 2.54. The summed E-state index contributed by atoms with van der Waals surface area (Å²) in [4.78, 5) is 14.3. The van der Waals surface area contributed by atoms with Crippen molar-refractivity contribution in [2.24, 2.45) is 17.6 Å². The predicted octanol–water partition coefficient (Wildman–Crippen LogP) is 5.80. The van der Waals surface area contributed by atoms with Crippen LogP contribution in [0.5, 0.6) is 0 Å². The Morgan fingerprint density at radius 1 is 0.793 bits per heavy atom. The number of ether oxygens (including phenoxy) is 10. The van der Waals surface area contributed by atoms with Crippen molar-refractivity contribution in [3.05, 3.63) is 24.3 Å². The van der Waals surface area contributed by atoms with E-state index in [2.05, 4.69) is 39.7 Å². The summed E-state index contributed by atoms with van der Waals surface area (Å²) in [5.41, 5.74) is 8.55. The normalized spacial score (nSPS) is 48.5. The molecule has 0 radical (unpaired) electrons. The maximum atomic E-state index is 14.3. The number of hydrogen-bond acceptors (Lipinski definition) is 12. The molecule has 2 N–H and O–H groups in total. The van der Waals surface area contributed by atoms with E-state index >= 15 is 0 Å². The van der Waals surface area contributed by atoms with Crippen molar-refractivity contribution in [1.82, 2.24) is 0 Å². The van der Waals surface area contributed by atoms with Crippen LogP contribution >= 0.6 is 0 Å². The zero-order valence-electron chi connectivity index (χ0n) is 35.7. The Labute approximate surface area is 346 Å². The Hall–Kier alpha value is -1.07. The number of methoxy groups -OCH3 is 1. The van der Waals surface area contributed by atoms with E-state index in [1.165, 1.54) is 0 Å². The van der Waals surface area contributed by atoms with Gasteiger partial charge >= 0.3 is 0 Å². The van der Waals surface area contributed by atoms with Crippen LogP contribution in [-0.4, -0.2) is 138 Å². The number of rotatable bonds is 8. The van der Waals surface area contributed by atoms with Crippen molar-refractivity contribution in [1.29, 1.82) is 0 Å². The third kappa shape index (κ3) is 8.52. The lowest BCUT2D eigenvalue weighted by Gasteiger charge is -2.47. The minimum Gasteiger partial charge on any atom is -0.378 e. The van der Waals surface area contributed by atoms with Gasteiger partial charge in [0.05, 0.1) is 67.1 Å².